The smallest absolute Gasteiger partial charge is 0.307 e. The van der Waals surface area contributed by atoms with Gasteiger partial charge >= 0.3 is 5.69 Å². The van der Waals surface area contributed by atoms with Gasteiger partial charge in [-0.25, -0.2) is 4.79 Å². The molecule has 0 aliphatic heterocycles. The van der Waals surface area contributed by atoms with Crippen molar-refractivity contribution in [2.45, 2.75) is 33.4 Å². The normalized spacial score (nSPS) is 12.6. The first-order valence-electron chi connectivity index (χ1n) is 10.7. The monoisotopic (exact) mass is 427 g/mol. The van der Waals surface area contributed by atoms with Crippen molar-refractivity contribution in [3.8, 4) is 0 Å². The molecule has 2 aromatic carbocycles. The highest BCUT2D eigenvalue weighted by Gasteiger charge is 2.22. The fourth-order valence-corrected chi connectivity index (χ4v) is 4.40. The quantitative estimate of drug-likeness (QED) is 0.441. The number of hydrogen-bond donors (Lipinski definition) is 0. The lowest BCUT2D eigenvalue weighted by Gasteiger charge is -2.16. The van der Waals surface area contributed by atoms with Crippen molar-refractivity contribution in [2.75, 3.05) is 0 Å². The summed E-state index contributed by atoms with van der Waals surface area (Å²) in [4.78, 5) is 31.3. The molecule has 7 nitrogen and oxygen atoms in total. The molecule has 0 spiro atoms. The van der Waals surface area contributed by atoms with Gasteiger partial charge in [-0.15, -0.1) is 0 Å². The Morgan fingerprint density at radius 3 is 2.34 bits per heavy atom. The van der Waals surface area contributed by atoms with Crippen LogP contribution in [0.2, 0.25) is 0 Å². The van der Waals surface area contributed by atoms with Crippen LogP contribution in [-0.2, 0) is 13.6 Å². The maximum atomic E-state index is 13.5. The third kappa shape index (κ3) is 3.00. The van der Waals surface area contributed by atoms with Crippen LogP contribution in [0.5, 0.6) is 0 Å². The Kier molecular flexibility index (Phi) is 4.62. The van der Waals surface area contributed by atoms with Crippen LogP contribution >= 0.6 is 0 Å². The van der Waals surface area contributed by atoms with Gasteiger partial charge in [0.25, 0.3) is 5.56 Å². The molecular weight excluding hydrogens is 402 g/mol. The SMILES string of the molecule is Cc1ccc(Cn2c(=O)c3c(nc4n(C(C)c5ccccc5)c(C)cn34)n(C)c2=O)cc1. The topological polar surface area (TPSA) is 66.2 Å². The fourth-order valence-electron chi connectivity index (χ4n) is 4.40. The lowest BCUT2D eigenvalue weighted by atomic mass is 10.1. The van der Waals surface area contributed by atoms with E-state index >= 15 is 0 Å². The zero-order valence-corrected chi connectivity index (χ0v) is 18.6. The third-order valence-corrected chi connectivity index (χ3v) is 6.20. The minimum Gasteiger partial charge on any atom is -0.307 e. The van der Waals surface area contributed by atoms with Gasteiger partial charge in [0.1, 0.15) is 0 Å². The van der Waals surface area contributed by atoms with Crippen LogP contribution in [-0.4, -0.2) is 23.1 Å². The molecule has 162 valence electrons. The molecule has 0 amide bonds. The number of aromatic nitrogens is 5. The Hall–Kier alpha value is -3.87. The molecule has 5 rings (SSSR count). The molecule has 7 heteroatoms. The predicted octanol–water partition coefficient (Wildman–Crippen LogP) is 3.42. The largest absolute Gasteiger partial charge is 0.332 e. The summed E-state index contributed by atoms with van der Waals surface area (Å²) in [6.07, 6.45) is 1.92. The molecule has 3 aromatic heterocycles. The van der Waals surface area contributed by atoms with E-state index in [-0.39, 0.29) is 23.8 Å². The van der Waals surface area contributed by atoms with Gasteiger partial charge in [-0.3, -0.25) is 18.3 Å². The van der Waals surface area contributed by atoms with Crippen LogP contribution in [0.3, 0.4) is 0 Å². The van der Waals surface area contributed by atoms with Gasteiger partial charge in [0.05, 0.1) is 12.6 Å². The Bertz CT molecular complexity index is 1570. The lowest BCUT2D eigenvalue weighted by Crippen LogP contribution is -2.39. The first-order valence-corrected chi connectivity index (χ1v) is 10.7. The molecule has 32 heavy (non-hydrogen) atoms. The zero-order valence-electron chi connectivity index (χ0n) is 18.6. The van der Waals surface area contributed by atoms with Crippen molar-refractivity contribution in [3.05, 3.63) is 104 Å². The molecule has 0 saturated carbocycles. The second kappa shape index (κ2) is 7.37. The Morgan fingerprint density at radius 2 is 1.66 bits per heavy atom. The molecule has 5 aromatic rings. The van der Waals surface area contributed by atoms with Gasteiger partial charge in [0.2, 0.25) is 5.78 Å². The molecule has 1 atom stereocenters. The van der Waals surface area contributed by atoms with Gasteiger partial charge in [-0.05, 0) is 31.9 Å². The number of benzene rings is 2. The summed E-state index contributed by atoms with van der Waals surface area (Å²) in [5.41, 5.74) is 4.27. The summed E-state index contributed by atoms with van der Waals surface area (Å²) in [6.45, 7) is 6.34. The van der Waals surface area contributed by atoms with Crippen LogP contribution in [0.25, 0.3) is 16.9 Å². The van der Waals surface area contributed by atoms with Crippen LogP contribution in [0.15, 0.2) is 70.4 Å². The van der Waals surface area contributed by atoms with E-state index in [4.69, 9.17) is 4.98 Å². The van der Waals surface area contributed by atoms with E-state index in [0.717, 1.165) is 22.4 Å². The van der Waals surface area contributed by atoms with E-state index < -0.39 is 0 Å². The first-order chi connectivity index (χ1) is 15.4. The number of imidazole rings is 2. The van der Waals surface area contributed by atoms with Crippen LogP contribution in [0.1, 0.15) is 35.3 Å². The molecule has 3 heterocycles. The average Bonchev–Trinajstić information content (AvgIpc) is 3.31. The van der Waals surface area contributed by atoms with Crippen LogP contribution < -0.4 is 11.2 Å². The summed E-state index contributed by atoms with van der Waals surface area (Å²) >= 11 is 0. The second-order valence-corrected chi connectivity index (χ2v) is 8.40. The molecule has 0 radical (unpaired) electrons. The number of fused-ring (bicyclic) bond motifs is 3. The van der Waals surface area contributed by atoms with Crippen molar-refractivity contribution in [1.29, 1.82) is 0 Å². The van der Waals surface area contributed by atoms with E-state index in [1.807, 2.05) is 66.9 Å². The van der Waals surface area contributed by atoms with Crippen molar-refractivity contribution in [3.63, 3.8) is 0 Å². The molecule has 1 unspecified atom stereocenters. The maximum absolute atomic E-state index is 13.5. The van der Waals surface area contributed by atoms with Crippen LogP contribution in [0, 0.1) is 13.8 Å². The molecule has 0 fully saturated rings. The highest BCUT2D eigenvalue weighted by molar-refractivity contribution is 5.75. The maximum Gasteiger partial charge on any atom is 0.332 e. The summed E-state index contributed by atoms with van der Waals surface area (Å²) in [5, 5.41) is 0. The van der Waals surface area contributed by atoms with E-state index in [1.54, 1.807) is 7.05 Å². The molecule has 0 N–H and O–H groups in total. The standard InChI is InChI=1S/C25H25N5O2/c1-16-10-12-19(13-11-16)15-29-23(31)21-22(27(4)25(29)32)26-24-28(21)14-17(2)30(24)18(3)20-8-6-5-7-9-20/h5-14,18H,15H2,1-4H3. The second-order valence-electron chi connectivity index (χ2n) is 8.40. The number of aryl methyl sites for hydroxylation is 3. The Morgan fingerprint density at radius 1 is 0.969 bits per heavy atom. The van der Waals surface area contributed by atoms with Crippen molar-refractivity contribution >= 4 is 16.9 Å². The van der Waals surface area contributed by atoms with Crippen molar-refractivity contribution < 1.29 is 0 Å². The van der Waals surface area contributed by atoms with E-state index in [2.05, 4.69) is 23.6 Å². The van der Waals surface area contributed by atoms with Gasteiger partial charge in [-0.1, -0.05) is 60.2 Å². The number of nitrogens with zero attached hydrogens (tertiary/aromatic N) is 5. The minimum atomic E-state index is -0.372. The number of hydrogen-bond acceptors (Lipinski definition) is 3. The van der Waals surface area contributed by atoms with E-state index in [1.165, 1.54) is 9.13 Å². The summed E-state index contributed by atoms with van der Waals surface area (Å²) < 4.78 is 6.67. The summed E-state index contributed by atoms with van der Waals surface area (Å²) in [5.74, 6) is 0.647. The highest BCUT2D eigenvalue weighted by Crippen LogP contribution is 2.25. The van der Waals surface area contributed by atoms with Crippen LogP contribution in [0.4, 0.5) is 0 Å². The van der Waals surface area contributed by atoms with E-state index in [9.17, 15) is 9.59 Å². The van der Waals surface area contributed by atoms with Crippen molar-refractivity contribution in [2.24, 2.45) is 7.05 Å². The number of rotatable bonds is 4. The van der Waals surface area contributed by atoms with Gasteiger partial charge in [-0.2, -0.15) is 4.98 Å². The molecular formula is C25H25N5O2. The Balaban J connectivity index is 1.74. The average molecular weight is 428 g/mol. The third-order valence-electron chi connectivity index (χ3n) is 6.20. The Labute approximate surface area is 184 Å². The van der Waals surface area contributed by atoms with E-state index in [0.29, 0.717) is 16.9 Å². The summed E-state index contributed by atoms with van der Waals surface area (Å²) in [6, 6.07) is 18.0. The van der Waals surface area contributed by atoms with Crippen molar-refractivity contribution in [1.82, 2.24) is 23.1 Å². The fraction of sp³-hybridized carbons (Fsp3) is 0.240. The molecule has 0 bridgehead atoms. The zero-order chi connectivity index (χ0) is 22.6. The first kappa shape index (κ1) is 20.1. The minimum absolute atomic E-state index is 0.0253. The lowest BCUT2D eigenvalue weighted by molar-refractivity contribution is 0.638. The molecule has 0 saturated heterocycles. The molecule has 0 aliphatic carbocycles. The predicted molar refractivity (Wildman–Crippen MR) is 125 cm³/mol. The summed E-state index contributed by atoms with van der Waals surface area (Å²) in [7, 11) is 1.67. The van der Waals surface area contributed by atoms with Gasteiger partial charge in [0, 0.05) is 18.9 Å². The highest BCUT2D eigenvalue weighted by atomic mass is 16.2. The molecule has 0 aliphatic rings. The van der Waals surface area contributed by atoms with Gasteiger partial charge < -0.3 is 4.57 Å². The van der Waals surface area contributed by atoms with Gasteiger partial charge in [0.15, 0.2) is 11.2 Å².